The van der Waals surface area contributed by atoms with Crippen LogP contribution in [0.25, 0.3) is 11.0 Å². The molecule has 0 bridgehead atoms. The Morgan fingerprint density at radius 3 is 3.15 bits per heavy atom. The van der Waals surface area contributed by atoms with Crippen molar-refractivity contribution >= 4 is 11.0 Å². The zero-order valence-corrected chi connectivity index (χ0v) is 12.3. The summed E-state index contributed by atoms with van der Waals surface area (Å²) >= 11 is 0. The number of morpholine rings is 1. The molecule has 1 fully saturated rings. The predicted octanol–water partition coefficient (Wildman–Crippen LogP) is 2.81. The minimum absolute atomic E-state index is 0.373. The fourth-order valence-electron chi connectivity index (χ4n) is 2.88. The van der Waals surface area contributed by atoms with Gasteiger partial charge < -0.3 is 9.72 Å². The van der Waals surface area contributed by atoms with Crippen molar-refractivity contribution < 1.29 is 4.74 Å². The minimum Gasteiger partial charge on any atom is -0.376 e. The molecule has 1 aliphatic heterocycles. The summed E-state index contributed by atoms with van der Waals surface area (Å²) in [6, 6.07) is 6.32. The van der Waals surface area contributed by atoms with E-state index in [1.165, 1.54) is 5.39 Å². The van der Waals surface area contributed by atoms with Crippen LogP contribution in [0.1, 0.15) is 26.0 Å². The van der Waals surface area contributed by atoms with E-state index in [2.05, 4.69) is 46.9 Å². The number of ether oxygens (including phenoxy) is 1. The van der Waals surface area contributed by atoms with Gasteiger partial charge in [-0.05, 0) is 30.5 Å². The van der Waals surface area contributed by atoms with E-state index in [0.29, 0.717) is 12.0 Å². The lowest BCUT2D eigenvalue weighted by atomic mass is 10.0. The third-order valence-corrected chi connectivity index (χ3v) is 3.81. The lowest BCUT2D eigenvalue weighted by molar-refractivity contribution is -0.0402. The van der Waals surface area contributed by atoms with Gasteiger partial charge in [-0.2, -0.15) is 0 Å². The summed E-state index contributed by atoms with van der Waals surface area (Å²) in [4.78, 5) is 10.3. The average Bonchev–Trinajstić information content (AvgIpc) is 2.85. The van der Waals surface area contributed by atoms with Gasteiger partial charge in [-0.15, -0.1) is 0 Å². The molecule has 0 saturated carbocycles. The molecule has 4 nitrogen and oxygen atoms in total. The van der Waals surface area contributed by atoms with Crippen LogP contribution in [-0.2, 0) is 11.3 Å². The summed E-state index contributed by atoms with van der Waals surface area (Å²) < 4.78 is 5.85. The Bertz CT molecular complexity index is 564. The summed E-state index contributed by atoms with van der Waals surface area (Å²) in [5.74, 6) is 0.688. The van der Waals surface area contributed by atoms with Crippen molar-refractivity contribution in [1.82, 2.24) is 14.9 Å². The van der Waals surface area contributed by atoms with Crippen molar-refractivity contribution in [3.05, 3.63) is 30.1 Å². The molecule has 1 atom stereocenters. The largest absolute Gasteiger partial charge is 0.376 e. The van der Waals surface area contributed by atoms with Gasteiger partial charge in [0.2, 0.25) is 0 Å². The molecule has 4 heteroatoms. The molecular weight excluding hydrogens is 250 g/mol. The van der Waals surface area contributed by atoms with E-state index in [-0.39, 0.29) is 0 Å². The second-order valence-electron chi connectivity index (χ2n) is 6.08. The zero-order chi connectivity index (χ0) is 13.9. The molecule has 0 amide bonds. The molecule has 2 aromatic heterocycles. The number of rotatable bonds is 4. The number of hydrogen-bond donors (Lipinski definition) is 1. The predicted molar refractivity (Wildman–Crippen MR) is 80.6 cm³/mol. The van der Waals surface area contributed by atoms with E-state index in [4.69, 9.17) is 4.74 Å². The van der Waals surface area contributed by atoms with Crippen molar-refractivity contribution in [3.8, 4) is 0 Å². The van der Waals surface area contributed by atoms with Gasteiger partial charge in [0, 0.05) is 31.2 Å². The summed E-state index contributed by atoms with van der Waals surface area (Å²) in [7, 11) is 0. The Hall–Kier alpha value is -1.39. The number of pyridine rings is 1. The molecule has 2 aromatic rings. The third-order valence-electron chi connectivity index (χ3n) is 3.81. The Kier molecular flexibility index (Phi) is 4.03. The summed E-state index contributed by atoms with van der Waals surface area (Å²) in [6.07, 6.45) is 3.45. The summed E-state index contributed by atoms with van der Waals surface area (Å²) in [6.45, 7) is 8.27. The highest BCUT2D eigenvalue weighted by molar-refractivity contribution is 5.75. The average molecular weight is 273 g/mol. The van der Waals surface area contributed by atoms with Gasteiger partial charge in [0.25, 0.3) is 0 Å². The zero-order valence-electron chi connectivity index (χ0n) is 12.3. The molecule has 3 rings (SSSR count). The Balaban J connectivity index is 1.64. The standard InChI is InChI=1S/C16H23N3O/c1-12(2)9-15-11-19(7-8-20-15)10-14-4-3-13-5-6-17-16(13)18-14/h3-6,12,15H,7-11H2,1-2H3,(H,17,18)/t15-/m0/s1. The lowest BCUT2D eigenvalue weighted by Crippen LogP contribution is -2.42. The smallest absolute Gasteiger partial charge is 0.137 e. The summed E-state index contributed by atoms with van der Waals surface area (Å²) in [5, 5.41) is 1.17. The van der Waals surface area contributed by atoms with Gasteiger partial charge in [0.15, 0.2) is 0 Å². The van der Waals surface area contributed by atoms with E-state index in [9.17, 15) is 0 Å². The molecule has 0 unspecified atom stereocenters. The quantitative estimate of drug-likeness (QED) is 0.931. The fraction of sp³-hybridized carbons (Fsp3) is 0.562. The van der Waals surface area contributed by atoms with E-state index < -0.39 is 0 Å². The SMILES string of the molecule is CC(C)C[C@H]1CN(Cc2ccc3cc[nH]c3n2)CCO1. The number of nitrogens with one attached hydrogen (secondary N) is 1. The van der Waals surface area contributed by atoms with Gasteiger partial charge in [0.05, 0.1) is 18.4 Å². The van der Waals surface area contributed by atoms with Crippen LogP contribution < -0.4 is 0 Å². The van der Waals surface area contributed by atoms with E-state index in [1.807, 2.05) is 6.20 Å². The first kappa shape index (κ1) is 13.6. The molecule has 1 saturated heterocycles. The van der Waals surface area contributed by atoms with Gasteiger partial charge in [-0.1, -0.05) is 13.8 Å². The van der Waals surface area contributed by atoms with Crippen LogP contribution in [-0.4, -0.2) is 40.7 Å². The third kappa shape index (κ3) is 3.19. The second-order valence-corrected chi connectivity index (χ2v) is 6.08. The molecule has 1 N–H and O–H groups in total. The van der Waals surface area contributed by atoms with Crippen molar-refractivity contribution in [2.75, 3.05) is 19.7 Å². The van der Waals surface area contributed by atoms with Crippen LogP contribution in [0.15, 0.2) is 24.4 Å². The van der Waals surface area contributed by atoms with Gasteiger partial charge >= 0.3 is 0 Å². The number of nitrogens with zero attached hydrogens (tertiary/aromatic N) is 2. The first-order valence-corrected chi connectivity index (χ1v) is 7.47. The van der Waals surface area contributed by atoms with Crippen molar-refractivity contribution in [2.24, 2.45) is 5.92 Å². The Labute approximate surface area is 120 Å². The van der Waals surface area contributed by atoms with Crippen molar-refractivity contribution in [1.29, 1.82) is 0 Å². The summed E-state index contributed by atoms with van der Waals surface area (Å²) in [5.41, 5.74) is 2.11. The van der Waals surface area contributed by atoms with Crippen LogP contribution in [0.4, 0.5) is 0 Å². The van der Waals surface area contributed by atoms with E-state index >= 15 is 0 Å². The number of aromatic amines is 1. The van der Waals surface area contributed by atoms with Crippen molar-refractivity contribution in [2.45, 2.75) is 32.9 Å². The van der Waals surface area contributed by atoms with Crippen LogP contribution in [0.2, 0.25) is 0 Å². The maximum absolute atomic E-state index is 5.85. The molecule has 20 heavy (non-hydrogen) atoms. The van der Waals surface area contributed by atoms with E-state index in [1.54, 1.807) is 0 Å². The van der Waals surface area contributed by atoms with Gasteiger partial charge in [-0.3, -0.25) is 4.90 Å². The number of aromatic nitrogens is 2. The normalized spacial score (nSPS) is 20.9. The highest BCUT2D eigenvalue weighted by Gasteiger charge is 2.21. The number of H-pyrrole nitrogens is 1. The van der Waals surface area contributed by atoms with Crippen LogP contribution in [0.3, 0.4) is 0 Å². The maximum atomic E-state index is 5.85. The highest BCUT2D eigenvalue weighted by Crippen LogP contribution is 2.17. The van der Waals surface area contributed by atoms with Crippen molar-refractivity contribution in [3.63, 3.8) is 0 Å². The number of fused-ring (bicyclic) bond motifs is 1. The first-order chi connectivity index (χ1) is 9.70. The highest BCUT2D eigenvalue weighted by atomic mass is 16.5. The molecule has 0 radical (unpaired) electrons. The topological polar surface area (TPSA) is 41.2 Å². The van der Waals surface area contributed by atoms with Crippen LogP contribution in [0.5, 0.6) is 0 Å². The van der Waals surface area contributed by atoms with Crippen LogP contribution in [0, 0.1) is 5.92 Å². The molecule has 0 aromatic carbocycles. The lowest BCUT2D eigenvalue weighted by Gasteiger charge is -2.33. The van der Waals surface area contributed by atoms with Crippen LogP contribution >= 0.6 is 0 Å². The second kappa shape index (κ2) is 5.94. The molecule has 0 aliphatic carbocycles. The fourth-order valence-corrected chi connectivity index (χ4v) is 2.88. The monoisotopic (exact) mass is 273 g/mol. The molecule has 108 valence electrons. The maximum Gasteiger partial charge on any atom is 0.137 e. The van der Waals surface area contributed by atoms with Gasteiger partial charge in [-0.25, -0.2) is 4.98 Å². The molecule has 3 heterocycles. The molecule has 0 spiro atoms. The Morgan fingerprint density at radius 1 is 1.40 bits per heavy atom. The molecule has 1 aliphatic rings. The Morgan fingerprint density at radius 2 is 2.30 bits per heavy atom. The first-order valence-electron chi connectivity index (χ1n) is 7.47. The molecular formula is C16H23N3O. The minimum atomic E-state index is 0.373. The van der Waals surface area contributed by atoms with Gasteiger partial charge in [0.1, 0.15) is 5.65 Å². The van der Waals surface area contributed by atoms with E-state index in [0.717, 1.165) is 44.0 Å². The number of hydrogen-bond acceptors (Lipinski definition) is 3.